The number of aromatic nitrogens is 1. The Bertz CT molecular complexity index is 723. The van der Waals surface area contributed by atoms with Crippen LogP contribution in [-0.2, 0) is 4.74 Å². The van der Waals surface area contributed by atoms with Crippen molar-refractivity contribution in [3.05, 3.63) is 41.6 Å². The van der Waals surface area contributed by atoms with Gasteiger partial charge in [-0.15, -0.1) is 0 Å². The van der Waals surface area contributed by atoms with Gasteiger partial charge in [-0.25, -0.2) is 4.79 Å². The summed E-state index contributed by atoms with van der Waals surface area (Å²) in [6.07, 6.45) is 8.73. The van der Waals surface area contributed by atoms with Crippen LogP contribution in [0.2, 0.25) is 0 Å². The molecule has 0 radical (unpaired) electrons. The molecular formula is C19H23NO2. The predicted molar refractivity (Wildman–Crippen MR) is 90.0 cm³/mol. The Morgan fingerprint density at radius 1 is 1.18 bits per heavy atom. The molecule has 0 saturated heterocycles. The van der Waals surface area contributed by atoms with Crippen molar-refractivity contribution in [2.75, 3.05) is 0 Å². The Kier molecular flexibility index (Phi) is 3.81. The highest BCUT2D eigenvalue weighted by atomic mass is 16.6. The second kappa shape index (κ2) is 5.64. The number of benzene rings is 1. The number of para-hydroxylation sites is 1. The number of carbonyl (C=O) groups excluding carboxylic acids is 1. The van der Waals surface area contributed by atoms with Gasteiger partial charge in [0, 0.05) is 17.1 Å². The molecule has 1 aromatic heterocycles. The summed E-state index contributed by atoms with van der Waals surface area (Å²) in [7, 11) is 0. The molecule has 3 rings (SSSR count). The Morgan fingerprint density at radius 3 is 2.55 bits per heavy atom. The van der Waals surface area contributed by atoms with E-state index in [2.05, 4.69) is 12.1 Å². The zero-order valence-corrected chi connectivity index (χ0v) is 13.6. The minimum absolute atomic E-state index is 0.320. The predicted octanol–water partition coefficient (Wildman–Crippen LogP) is 5.38. The lowest BCUT2D eigenvalue weighted by Crippen LogP contribution is -2.26. The van der Waals surface area contributed by atoms with E-state index in [-0.39, 0.29) is 6.09 Å². The van der Waals surface area contributed by atoms with Crippen LogP contribution in [0.3, 0.4) is 0 Å². The molecule has 0 aliphatic heterocycles. The lowest BCUT2D eigenvalue weighted by atomic mass is 10.1. The normalized spacial score (nSPS) is 15.3. The summed E-state index contributed by atoms with van der Waals surface area (Å²) in [5.74, 6) is 0. The van der Waals surface area contributed by atoms with Crippen LogP contribution in [0.15, 0.2) is 36.0 Å². The third-order valence-electron chi connectivity index (χ3n) is 3.94. The number of hydrogen-bond acceptors (Lipinski definition) is 2. The highest BCUT2D eigenvalue weighted by Crippen LogP contribution is 2.30. The van der Waals surface area contributed by atoms with E-state index in [1.165, 1.54) is 31.3 Å². The van der Waals surface area contributed by atoms with Gasteiger partial charge in [-0.05, 0) is 52.5 Å². The molecule has 3 nitrogen and oxygen atoms in total. The van der Waals surface area contributed by atoms with Gasteiger partial charge < -0.3 is 4.74 Å². The largest absolute Gasteiger partial charge is 0.443 e. The molecule has 1 heterocycles. The maximum atomic E-state index is 12.4. The Balaban J connectivity index is 2.04. The van der Waals surface area contributed by atoms with Gasteiger partial charge in [-0.2, -0.15) is 0 Å². The van der Waals surface area contributed by atoms with Crippen molar-refractivity contribution in [2.45, 2.75) is 52.1 Å². The first kappa shape index (κ1) is 14.9. The number of fused-ring (bicyclic) bond motifs is 1. The smallest absolute Gasteiger partial charge is 0.419 e. The van der Waals surface area contributed by atoms with E-state index in [1.807, 2.05) is 45.2 Å². The molecular weight excluding hydrogens is 274 g/mol. The molecule has 0 bridgehead atoms. The van der Waals surface area contributed by atoms with Gasteiger partial charge in [0.05, 0.1) is 5.52 Å². The Labute approximate surface area is 131 Å². The maximum Gasteiger partial charge on any atom is 0.419 e. The van der Waals surface area contributed by atoms with Crippen LogP contribution in [0.5, 0.6) is 0 Å². The number of ether oxygens (including phenoxy) is 1. The van der Waals surface area contributed by atoms with Crippen LogP contribution >= 0.6 is 0 Å². The SMILES string of the molecule is CC(C)(C)OC(=O)n1cc(C=C2CCCC2)c2ccccc21. The van der Waals surface area contributed by atoms with Crippen molar-refractivity contribution >= 4 is 23.1 Å². The quantitative estimate of drug-likeness (QED) is 0.707. The van der Waals surface area contributed by atoms with Gasteiger partial charge in [0.15, 0.2) is 0 Å². The van der Waals surface area contributed by atoms with Crippen LogP contribution < -0.4 is 0 Å². The highest BCUT2D eigenvalue weighted by molar-refractivity contribution is 5.95. The number of nitrogens with zero attached hydrogens (tertiary/aromatic N) is 1. The highest BCUT2D eigenvalue weighted by Gasteiger charge is 2.20. The molecule has 0 amide bonds. The monoisotopic (exact) mass is 297 g/mol. The summed E-state index contributed by atoms with van der Waals surface area (Å²) in [6.45, 7) is 5.66. The molecule has 1 aliphatic carbocycles. The summed E-state index contributed by atoms with van der Waals surface area (Å²) in [4.78, 5) is 12.4. The summed E-state index contributed by atoms with van der Waals surface area (Å²) < 4.78 is 7.15. The molecule has 0 N–H and O–H groups in total. The van der Waals surface area contributed by atoms with Crippen LogP contribution in [0.25, 0.3) is 17.0 Å². The van der Waals surface area contributed by atoms with Crippen LogP contribution in [0.1, 0.15) is 52.0 Å². The van der Waals surface area contributed by atoms with Crippen molar-refractivity contribution in [3.63, 3.8) is 0 Å². The summed E-state index contributed by atoms with van der Waals surface area (Å²) in [5, 5.41) is 1.10. The van der Waals surface area contributed by atoms with Crippen LogP contribution in [0, 0.1) is 0 Å². The lowest BCUT2D eigenvalue weighted by molar-refractivity contribution is 0.0544. The van der Waals surface area contributed by atoms with Crippen molar-refractivity contribution in [3.8, 4) is 0 Å². The van der Waals surface area contributed by atoms with E-state index in [4.69, 9.17) is 4.74 Å². The number of rotatable bonds is 1. The van der Waals surface area contributed by atoms with Gasteiger partial charge in [-0.1, -0.05) is 29.8 Å². The minimum Gasteiger partial charge on any atom is -0.443 e. The number of allylic oxidation sites excluding steroid dienone is 1. The summed E-state index contributed by atoms with van der Waals surface area (Å²) in [5.41, 5.74) is 3.00. The molecule has 3 heteroatoms. The van der Waals surface area contributed by atoms with E-state index in [9.17, 15) is 4.79 Å². The zero-order valence-electron chi connectivity index (χ0n) is 13.6. The molecule has 116 valence electrons. The first-order valence-corrected chi connectivity index (χ1v) is 7.97. The van der Waals surface area contributed by atoms with Crippen LogP contribution in [0.4, 0.5) is 4.79 Å². The fraction of sp³-hybridized carbons (Fsp3) is 0.421. The third-order valence-corrected chi connectivity index (χ3v) is 3.94. The lowest BCUT2D eigenvalue weighted by Gasteiger charge is -2.19. The minimum atomic E-state index is -0.494. The second-order valence-electron chi connectivity index (χ2n) is 6.96. The molecule has 1 saturated carbocycles. The maximum absolute atomic E-state index is 12.4. The van der Waals surface area contributed by atoms with Gasteiger partial charge in [-0.3, -0.25) is 4.57 Å². The first-order valence-electron chi connectivity index (χ1n) is 7.97. The Hall–Kier alpha value is -2.03. The fourth-order valence-corrected chi connectivity index (χ4v) is 2.98. The van der Waals surface area contributed by atoms with E-state index >= 15 is 0 Å². The van der Waals surface area contributed by atoms with Gasteiger partial charge >= 0.3 is 6.09 Å². The van der Waals surface area contributed by atoms with Crippen molar-refractivity contribution in [1.29, 1.82) is 0 Å². The topological polar surface area (TPSA) is 31.2 Å². The van der Waals surface area contributed by atoms with E-state index in [0.717, 1.165) is 16.5 Å². The van der Waals surface area contributed by atoms with Gasteiger partial charge in [0.25, 0.3) is 0 Å². The third kappa shape index (κ3) is 3.08. The standard InChI is InChI=1S/C19H23NO2/c1-19(2,3)22-18(21)20-13-15(12-14-8-4-5-9-14)16-10-6-7-11-17(16)20/h6-7,10-13H,4-5,8-9H2,1-3H3. The molecule has 0 unspecified atom stereocenters. The average molecular weight is 297 g/mol. The summed E-state index contributed by atoms with van der Waals surface area (Å²) in [6, 6.07) is 8.00. The van der Waals surface area contributed by atoms with E-state index < -0.39 is 5.60 Å². The molecule has 1 aliphatic rings. The van der Waals surface area contributed by atoms with E-state index in [0.29, 0.717) is 0 Å². The first-order chi connectivity index (χ1) is 10.4. The van der Waals surface area contributed by atoms with Gasteiger partial charge in [0.1, 0.15) is 5.60 Å². The fourth-order valence-electron chi connectivity index (χ4n) is 2.98. The zero-order chi connectivity index (χ0) is 15.7. The summed E-state index contributed by atoms with van der Waals surface area (Å²) >= 11 is 0. The van der Waals surface area contributed by atoms with Crippen molar-refractivity contribution < 1.29 is 9.53 Å². The molecule has 1 aromatic carbocycles. The van der Waals surface area contributed by atoms with Crippen LogP contribution in [-0.4, -0.2) is 16.3 Å². The average Bonchev–Trinajstić information content (AvgIpc) is 3.06. The second-order valence-corrected chi connectivity index (χ2v) is 6.96. The van der Waals surface area contributed by atoms with Gasteiger partial charge in [0.2, 0.25) is 0 Å². The van der Waals surface area contributed by atoms with E-state index in [1.54, 1.807) is 4.57 Å². The Morgan fingerprint density at radius 2 is 1.86 bits per heavy atom. The van der Waals surface area contributed by atoms with Crippen molar-refractivity contribution in [2.24, 2.45) is 0 Å². The van der Waals surface area contributed by atoms with Crippen molar-refractivity contribution in [1.82, 2.24) is 4.57 Å². The number of carbonyl (C=O) groups is 1. The number of hydrogen-bond donors (Lipinski definition) is 0. The molecule has 1 fully saturated rings. The molecule has 0 atom stereocenters. The molecule has 0 spiro atoms. The molecule has 2 aromatic rings. The molecule has 22 heavy (non-hydrogen) atoms.